The summed E-state index contributed by atoms with van der Waals surface area (Å²) in [5.74, 6) is 3.35. The van der Waals surface area contributed by atoms with Gasteiger partial charge in [-0.3, -0.25) is 4.79 Å². The van der Waals surface area contributed by atoms with Gasteiger partial charge in [-0.05, 0) is 42.7 Å². The van der Waals surface area contributed by atoms with E-state index < -0.39 is 0 Å². The van der Waals surface area contributed by atoms with Gasteiger partial charge >= 0.3 is 0 Å². The predicted octanol–water partition coefficient (Wildman–Crippen LogP) is 2.71. The zero-order valence-electron chi connectivity index (χ0n) is 13.6. The number of nitrogens with zero attached hydrogens (tertiary/aromatic N) is 2. The van der Waals surface area contributed by atoms with Crippen LogP contribution in [0.4, 0.5) is 0 Å². The van der Waals surface area contributed by atoms with E-state index >= 15 is 0 Å². The van der Waals surface area contributed by atoms with Crippen LogP contribution in [0.1, 0.15) is 16.6 Å². The highest BCUT2D eigenvalue weighted by Crippen LogP contribution is 2.43. The Hall–Kier alpha value is -0.850. The third-order valence-electron chi connectivity index (χ3n) is 4.20. The maximum absolute atomic E-state index is 12.2. The van der Waals surface area contributed by atoms with Crippen molar-refractivity contribution in [3.63, 3.8) is 0 Å². The predicted molar refractivity (Wildman–Crippen MR) is 98.3 cm³/mol. The lowest BCUT2D eigenvalue weighted by Gasteiger charge is -2.32. The minimum Gasteiger partial charge on any atom is -0.484 e. The Morgan fingerprint density at radius 1 is 1.13 bits per heavy atom. The number of benzene rings is 1. The first-order valence-corrected chi connectivity index (χ1v) is 10.2. The van der Waals surface area contributed by atoms with Gasteiger partial charge in [0.25, 0.3) is 5.91 Å². The molecule has 6 heteroatoms. The largest absolute Gasteiger partial charge is 0.484 e. The molecule has 1 amide bonds. The number of carbonyl (C=O) groups excluding carboxylic acids is 1. The van der Waals surface area contributed by atoms with Gasteiger partial charge in [-0.1, -0.05) is 12.1 Å². The Morgan fingerprint density at radius 3 is 2.43 bits per heavy atom. The van der Waals surface area contributed by atoms with Gasteiger partial charge in [0.15, 0.2) is 6.61 Å². The monoisotopic (exact) mass is 352 g/mol. The van der Waals surface area contributed by atoms with Gasteiger partial charge in [0.1, 0.15) is 5.75 Å². The second-order valence-electron chi connectivity index (χ2n) is 5.97. The van der Waals surface area contributed by atoms with Crippen LogP contribution in [0.3, 0.4) is 0 Å². The highest BCUT2D eigenvalue weighted by atomic mass is 32.2. The molecule has 1 aromatic rings. The molecule has 2 aliphatic heterocycles. The molecular weight excluding hydrogens is 328 g/mol. The third kappa shape index (κ3) is 4.81. The summed E-state index contributed by atoms with van der Waals surface area (Å²) >= 11 is 4.03. The van der Waals surface area contributed by atoms with E-state index in [0.29, 0.717) is 4.58 Å². The fourth-order valence-corrected chi connectivity index (χ4v) is 5.59. The summed E-state index contributed by atoms with van der Waals surface area (Å²) in [6.07, 6.45) is 1.31. The summed E-state index contributed by atoms with van der Waals surface area (Å²) in [6, 6.07) is 8.24. The first kappa shape index (κ1) is 17.0. The molecule has 126 valence electrons. The Balaban J connectivity index is 1.47. The normalized spacial score (nSPS) is 20.5. The van der Waals surface area contributed by atoms with Crippen LogP contribution >= 0.6 is 23.5 Å². The molecule has 23 heavy (non-hydrogen) atoms. The molecule has 0 spiro atoms. The van der Waals surface area contributed by atoms with Gasteiger partial charge in [0, 0.05) is 26.2 Å². The van der Waals surface area contributed by atoms with Crippen LogP contribution in [0.25, 0.3) is 0 Å². The molecule has 1 aromatic carbocycles. The molecule has 0 aliphatic carbocycles. The summed E-state index contributed by atoms with van der Waals surface area (Å²) in [5.41, 5.74) is 1.34. The van der Waals surface area contributed by atoms with Gasteiger partial charge in [0.2, 0.25) is 0 Å². The molecule has 0 radical (unpaired) electrons. The molecule has 0 N–H and O–H groups in total. The van der Waals surface area contributed by atoms with Crippen molar-refractivity contribution < 1.29 is 9.53 Å². The number of ether oxygens (including phenoxy) is 1. The molecule has 2 heterocycles. The number of rotatable bonds is 4. The van der Waals surface area contributed by atoms with E-state index in [1.807, 2.05) is 40.6 Å². The zero-order chi connectivity index (χ0) is 16.1. The zero-order valence-corrected chi connectivity index (χ0v) is 15.2. The smallest absolute Gasteiger partial charge is 0.260 e. The second kappa shape index (κ2) is 8.31. The number of thioether (sulfide) groups is 2. The molecule has 0 unspecified atom stereocenters. The van der Waals surface area contributed by atoms with E-state index in [-0.39, 0.29) is 12.5 Å². The summed E-state index contributed by atoms with van der Waals surface area (Å²) < 4.78 is 6.22. The standard InChI is InChI=1S/C17H24N2O2S2/c1-18-7-9-19(10-8-18)16(20)13-21-15-5-3-14(4-6-15)17-22-11-2-12-23-17/h3-6,17H,2,7-13H2,1H3. The second-order valence-corrected chi connectivity index (χ2v) is 8.69. The lowest BCUT2D eigenvalue weighted by molar-refractivity contribution is -0.134. The summed E-state index contributed by atoms with van der Waals surface area (Å²) in [5, 5.41) is 0. The minimum absolute atomic E-state index is 0.0839. The molecule has 0 saturated carbocycles. The Morgan fingerprint density at radius 2 is 1.78 bits per heavy atom. The van der Waals surface area contributed by atoms with Crippen molar-refractivity contribution in [1.29, 1.82) is 0 Å². The van der Waals surface area contributed by atoms with Gasteiger partial charge in [0.05, 0.1) is 4.58 Å². The van der Waals surface area contributed by atoms with Crippen LogP contribution in [-0.2, 0) is 4.79 Å². The van der Waals surface area contributed by atoms with Gasteiger partial charge in [-0.15, -0.1) is 23.5 Å². The van der Waals surface area contributed by atoms with Crippen molar-refractivity contribution in [2.24, 2.45) is 0 Å². The van der Waals surface area contributed by atoms with Crippen LogP contribution in [0.15, 0.2) is 24.3 Å². The van der Waals surface area contributed by atoms with E-state index in [2.05, 4.69) is 24.1 Å². The lowest BCUT2D eigenvalue weighted by atomic mass is 10.2. The number of hydrogen-bond acceptors (Lipinski definition) is 5. The number of amides is 1. The average molecular weight is 353 g/mol. The molecular formula is C17H24N2O2S2. The van der Waals surface area contributed by atoms with Crippen molar-refractivity contribution in [3.05, 3.63) is 29.8 Å². The Kier molecular flexibility index (Phi) is 6.14. The maximum Gasteiger partial charge on any atom is 0.260 e. The average Bonchev–Trinajstić information content (AvgIpc) is 2.61. The first-order chi connectivity index (χ1) is 11.2. The van der Waals surface area contributed by atoms with Crippen molar-refractivity contribution in [2.45, 2.75) is 11.0 Å². The fraction of sp³-hybridized carbons (Fsp3) is 0.588. The first-order valence-electron chi connectivity index (χ1n) is 8.15. The quantitative estimate of drug-likeness (QED) is 0.832. The van der Waals surface area contributed by atoms with Crippen LogP contribution in [0, 0.1) is 0 Å². The van der Waals surface area contributed by atoms with E-state index in [1.54, 1.807) is 0 Å². The van der Waals surface area contributed by atoms with Crippen molar-refractivity contribution in [1.82, 2.24) is 9.80 Å². The summed E-state index contributed by atoms with van der Waals surface area (Å²) in [6.45, 7) is 3.62. The van der Waals surface area contributed by atoms with Crippen LogP contribution in [0.5, 0.6) is 5.75 Å². The number of carbonyl (C=O) groups is 1. The van der Waals surface area contributed by atoms with E-state index in [9.17, 15) is 4.79 Å². The number of hydrogen-bond donors (Lipinski definition) is 0. The molecule has 2 aliphatic rings. The van der Waals surface area contributed by atoms with E-state index in [0.717, 1.165) is 31.9 Å². The summed E-state index contributed by atoms with van der Waals surface area (Å²) in [7, 11) is 2.09. The topological polar surface area (TPSA) is 32.8 Å². The molecule has 4 nitrogen and oxygen atoms in total. The van der Waals surface area contributed by atoms with Gasteiger partial charge in [-0.2, -0.15) is 0 Å². The Bertz CT molecular complexity index is 510. The van der Waals surface area contributed by atoms with Crippen molar-refractivity contribution in [3.8, 4) is 5.75 Å². The Labute approximate surface area is 146 Å². The number of piperazine rings is 1. The third-order valence-corrected chi connectivity index (χ3v) is 7.21. The highest BCUT2D eigenvalue weighted by molar-refractivity contribution is 8.16. The van der Waals surface area contributed by atoms with Crippen molar-refractivity contribution in [2.75, 3.05) is 51.3 Å². The van der Waals surface area contributed by atoms with E-state index in [1.165, 1.54) is 23.5 Å². The van der Waals surface area contributed by atoms with Gasteiger partial charge < -0.3 is 14.5 Å². The van der Waals surface area contributed by atoms with Crippen LogP contribution in [-0.4, -0.2) is 67.0 Å². The summed E-state index contributed by atoms with van der Waals surface area (Å²) in [4.78, 5) is 16.3. The SMILES string of the molecule is CN1CCN(C(=O)COc2ccc(C3SCCCS3)cc2)CC1. The molecule has 0 aromatic heterocycles. The molecule has 3 rings (SSSR count). The van der Waals surface area contributed by atoms with Crippen LogP contribution < -0.4 is 4.74 Å². The molecule has 2 saturated heterocycles. The van der Waals surface area contributed by atoms with E-state index in [4.69, 9.17) is 4.74 Å². The fourth-order valence-electron chi connectivity index (χ4n) is 2.69. The maximum atomic E-state index is 12.2. The van der Waals surface area contributed by atoms with Crippen molar-refractivity contribution >= 4 is 29.4 Å². The highest BCUT2D eigenvalue weighted by Gasteiger charge is 2.19. The number of likely N-dealkylation sites (N-methyl/N-ethyl adjacent to an activating group) is 1. The van der Waals surface area contributed by atoms with Gasteiger partial charge in [-0.25, -0.2) is 0 Å². The molecule has 2 fully saturated rings. The molecule has 0 bridgehead atoms. The van der Waals surface area contributed by atoms with Crippen LogP contribution in [0.2, 0.25) is 0 Å². The lowest BCUT2D eigenvalue weighted by Crippen LogP contribution is -2.48. The minimum atomic E-state index is 0.0839. The molecule has 0 atom stereocenters.